The smallest absolute Gasteiger partial charge is 0.251 e. The molecule has 0 radical (unpaired) electrons. The SMILES string of the molecule is O=C(NCCCC1CCOC1)c1cccc(-c2ccco2)c1. The van der Waals surface area contributed by atoms with Crippen LogP contribution in [0, 0.1) is 5.92 Å². The standard InChI is InChI=1S/C18H21NO3/c20-18(19-9-2-4-14-8-11-21-13-14)16-6-1-5-15(12-16)17-7-3-10-22-17/h1,3,5-7,10,12,14H,2,4,8-9,11,13H2,(H,19,20). The Morgan fingerprint density at radius 3 is 3.00 bits per heavy atom. The second-order valence-electron chi connectivity index (χ2n) is 5.69. The molecule has 2 heterocycles. The Bertz CT molecular complexity index is 601. The van der Waals surface area contributed by atoms with Gasteiger partial charge in [-0.3, -0.25) is 4.79 Å². The zero-order valence-corrected chi connectivity index (χ0v) is 12.6. The predicted molar refractivity (Wildman–Crippen MR) is 84.6 cm³/mol. The van der Waals surface area contributed by atoms with Gasteiger partial charge in [0.25, 0.3) is 5.91 Å². The lowest BCUT2D eigenvalue weighted by Crippen LogP contribution is -2.24. The quantitative estimate of drug-likeness (QED) is 0.831. The highest BCUT2D eigenvalue weighted by Gasteiger charge is 2.15. The van der Waals surface area contributed by atoms with Gasteiger partial charge in [-0.2, -0.15) is 0 Å². The molecule has 1 fully saturated rings. The highest BCUT2D eigenvalue weighted by molar-refractivity contribution is 5.95. The van der Waals surface area contributed by atoms with Crippen LogP contribution in [0.25, 0.3) is 11.3 Å². The Kier molecular flexibility index (Phi) is 4.91. The second-order valence-corrected chi connectivity index (χ2v) is 5.69. The topological polar surface area (TPSA) is 51.5 Å². The predicted octanol–water partition coefficient (Wildman–Crippen LogP) is 3.49. The highest BCUT2D eigenvalue weighted by Crippen LogP contribution is 2.21. The number of furan rings is 1. The van der Waals surface area contributed by atoms with E-state index in [9.17, 15) is 4.79 Å². The minimum absolute atomic E-state index is 0.0314. The van der Waals surface area contributed by atoms with Gasteiger partial charge in [0, 0.05) is 30.9 Å². The second kappa shape index (κ2) is 7.27. The minimum Gasteiger partial charge on any atom is -0.464 e. The van der Waals surface area contributed by atoms with Gasteiger partial charge in [-0.1, -0.05) is 12.1 Å². The lowest BCUT2D eigenvalue weighted by molar-refractivity contribution is 0.0952. The molecule has 1 aromatic heterocycles. The molecular weight excluding hydrogens is 278 g/mol. The average Bonchev–Trinajstić information content (AvgIpc) is 3.24. The van der Waals surface area contributed by atoms with Crippen LogP contribution in [-0.4, -0.2) is 25.7 Å². The van der Waals surface area contributed by atoms with E-state index in [2.05, 4.69) is 5.32 Å². The first kappa shape index (κ1) is 14.9. The molecule has 1 aliphatic rings. The van der Waals surface area contributed by atoms with Crippen molar-refractivity contribution < 1.29 is 13.9 Å². The third kappa shape index (κ3) is 3.77. The van der Waals surface area contributed by atoms with E-state index in [1.165, 1.54) is 0 Å². The molecule has 1 atom stereocenters. The summed E-state index contributed by atoms with van der Waals surface area (Å²) in [6.45, 7) is 2.47. The van der Waals surface area contributed by atoms with E-state index in [1.54, 1.807) is 6.26 Å². The van der Waals surface area contributed by atoms with Gasteiger partial charge in [-0.05, 0) is 49.4 Å². The van der Waals surface area contributed by atoms with Crippen molar-refractivity contribution in [1.82, 2.24) is 5.32 Å². The largest absolute Gasteiger partial charge is 0.464 e. The summed E-state index contributed by atoms with van der Waals surface area (Å²) < 4.78 is 10.7. The maximum Gasteiger partial charge on any atom is 0.251 e. The summed E-state index contributed by atoms with van der Waals surface area (Å²) in [5, 5.41) is 2.99. The van der Waals surface area contributed by atoms with E-state index in [0.717, 1.165) is 43.8 Å². The number of hydrogen-bond acceptors (Lipinski definition) is 3. The van der Waals surface area contributed by atoms with Crippen LogP contribution >= 0.6 is 0 Å². The number of carbonyl (C=O) groups is 1. The van der Waals surface area contributed by atoms with Crippen molar-refractivity contribution in [2.45, 2.75) is 19.3 Å². The van der Waals surface area contributed by atoms with E-state index in [4.69, 9.17) is 9.15 Å². The molecule has 116 valence electrons. The number of ether oxygens (including phenoxy) is 1. The molecule has 0 bridgehead atoms. The summed E-state index contributed by atoms with van der Waals surface area (Å²) in [5.41, 5.74) is 1.58. The summed E-state index contributed by atoms with van der Waals surface area (Å²) in [6.07, 6.45) is 4.90. The molecule has 1 aliphatic heterocycles. The lowest BCUT2D eigenvalue weighted by Gasteiger charge is -2.09. The fraction of sp³-hybridized carbons (Fsp3) is 0.389. The number of amides is 1. The highest BCUT2D eigenvalue weighted by atomic mass is 16.5. The third-order valence-corrected chi connectivity index (χ3v) is 4.03. The van der Waals surface area contributed by atoms with Crippen molar-refractivity contribution in [1.29, 1.82) is 0 Å². The van der Waals surface area contributed by atoms with Crippen molar-refractivity contribution in [2.24, 2.45) is 5.92 Å². The summed E-state index contributed by atoms with van der Waals surface area (Å²) in [7, 11) is 0. The Morgan fingerprint density at radius 2 is 2.23 bits per heavy atom. The summed E-state index contributed by atoms with van der Waals surface area (Å²) in [4.78, 5) is 12.2. The van der Waals surface area contributed by atoms with E-state index < -0.39 is 0 Å². The number of carbonyl (C=O) groups excluding carboxylic acids is 1. The maximum atomic E-state index is 12.2. The normalized spacial score (nSPS) is 17.5. The zero-order valence-electron chi connectivity index (χ0n) is 12.6. The molecule has 1 saturated heterocycles. The van der Waals surface area contributed by atoms with Crippen LogP contribution in [0.1, 0.15) is 29.6 Å². The molecule has 0 spiro atoms. The number of hydrogen-bond donors (Lipinski definition) is 1. The minimum atomic E-state index is -0.0314. The van der Waals surface area contributed by atoms with Crippen molar-refractivity contribution >= 4 is 5.91 Å². The third-order valence-electron chi connectivity index (χ3n) is 4.03. The fourth-order valence-corrected chi connectivity index (χ4v) is 2.76. The molecule has 0 aliphatic carbocycles. The monoisotopic (exact) mass is 299 g/mol. The molecular formula is C18H21NO3. The Balaban J connectivity index is 1.50. The summed E-state index contributed by atoms with van der Waals surface area (Å²) >= 11 is 0. The van der Waals surface area contributed by atoms with E-state index in [1.807, 2.05) is 36.4 Å². The first-order chi connectivity index (χ1) is 10.8. The molecule has 1 N–H and O–H groups in total. The first-order valence-electron chi connectivity index (χ1n) is 7.83. The van der Waals surface area contributed by atoms with Gasteiger partial charge in [-0.15, -0.1) is 0 Å². The summed E-state index contributed by atoms with van der Waals surface area (Å²) in [6, 6.07) is 11.2. The molecule has 1 unspecified atom stereocenters. The van der Waals surface area contributed by atoms with Crippen LogP contribution in [0.5, 0.6) is 0 Å². The van der Waals surface area contributed by atoms with Gasteiger partial charge >= 0.3 is 0 Å². The first-order valence-corrected chi connectivity index (χ1v) is 7.83. The zero-order chi connectivity index (χ0) is 15.2. The van der Waals surface area contributed by atoms with Gasteiger partial charge in [0.2, 0.25) is 0 Å². The van der Waals surface area contributed by atoms with Gasteiger partial charge in [-0.25, -0.2) is 0 Å². The van der Waals surface area contributed by atoms with Gasteiger partial charge in [0.15, 0.2) is 0 Å². The van der Waals surface area contributed by atoms with Crippen LogP contribution in [0.4, 0.5) is 0 Å². The number of rotatable bonds is 6. The Hall–Kier alpha value is -2.07. The van der Waals surface area contributed by atoms with Crippen LogP contribution in [0.2, 0.25) is 0 Å². The van der Waals surface area contributed by atoms with Crippen molar-refractivity contribution in [2.75, 3.05) is 19.8 Å². The molecule has 1 aromatic carbocycles. The van der Waals surface area contributed by atoms with Crippen molar-refractivity contribution in [3.63, 3.8) is 0 Å². The molecule has 4 heteroatoms. The van der Waals surface area contributed by atoms with Gasteiger partial charge in [0.05, 0.1) is 6.26 Å². The molecule has 3 rings (SSSR count). The van der Waals surface area contributed by atoms with E-state index in [-0.39, 0.29) is 5.91 Å². The fourth-order valence-electron chi connectivity index (χ4n) is 2.76. The number of benzene rings is 1. The van der Waals surface area contributed by atoms with Crippen LogP contribution in [0.15, 0.2) is 47.1 Å². The molecule has 1 amide bonds. The summed E-state index contributed by atoms with van der Waals surface area (Å²) in [5.74, 6) is 1.41. The van der Waals surface area contributed by atoms with Crippen molar-refractivity contribution in [3.8, 4) is 11.3 Å². The average molecular weight is 299 g/mol. The van der Waals surface area contributed by atoms with Gasteiger partial charge in [0.1, 0.15) is 5.76 Å². The van der Waals surface area contributed by atoms with Crippen LogP contribution in [-0.2, 0) is 4.74 Å². The Labute approximate surface area is 130 Å². The lowest BCUT2D eigenvalue weighted by atomic mass is 10.0. The van der Waals surface area contributed by atoms with E-state index >= 15 is 0 Å². The van der Waals surface area contributed by atoms with Crippen molar-refractivity contribution in [3.05, 3.63) is 48.2 Å². The van der Waals surface area contributed by atoms with E-state index in [0.29, 0.717) is 18.0 Å². The van der Waals surface area contributed by atoms with Gasteiger partial charge < -0.3 is 14.5 Å². The van der Waals surface area contributed by atoms with Crippen LogP contribution in [0.3, 0.4) is 0 Å². The molecule has 2 aromatic rings. The van der Waals surface area contributed by atoms with Crippen LogP contribution < -0.4 is 5.32 Å². The molecule has 22 heavy (non-hydrogen) atoms. The maximum absolute atomic E-state index is 12.2. The molecule has 0 saturated carbocycles. The Morgan fingerprint density at radius 1 is 1.27 bits per heavy atom. The number of nitrogens with one attached hydrogen (secondary N) is 1. The molecule has 4 nitrogen and oxygen atoms in total.